The van der Waals surface area contributed by atoms with Gasteiger partial charge in [-0.3, -0.25) is 4.55 Å². The van der Waals surface area contributed by atoms with E-state index in [1.807, 2.05) is 0 Å². The molecule has 0 aliphatic heterocycles. The van der Waals surface area contributed by atoms with E-state index in [0.29, 0.717) is 0 Å². The van der Waals surface area contributed by atoms with Gasteiger partial charge >= 0.3 is 5.97 Å². The van der Waals surface area contributed by atoms with Gasteiger partial charge in [0.25, 0.3) is 10.1 Å². The Balaban J connectivity index is 5.31. The molecule has 0 saturated heterocycles. The molecular formula is C6H10O5S. The Morgan fingerprint density at radius 3 is 1.92 bits per heavy atom. The summed E-state index contributed by atoms with van der Waals surface area (Å²) < 4.78 is 29.6. The monoisotopic (exact) mass is 194 g/mol. The first-order valence-electron chi connectivity index (χ1n) is 3.21. The zero-order valence-electron chi connectivity index (χ0n) is 6.73. The highest BCUT2D eigenvalue weighted by molar-refractivity contribution is 7.89. The summed E-state index contributed by atoms with van der Waals surface area (Å²) in [6.07, 6.45) is -0.0308. The van der Waals surface area contributed by atoms with Gasteiger partial charge < -0.3 is 5.11 Å². The van der Waals surface area contributed by atoms with Crippen molar-refractivity contribution in [2.45, 2.75) is 20.3 Å². The molecule has 0 rings (SSSR count). The molecule has 5 nitrogen and oxygen atoms in total. The van der Waals surface area contributed by atoms with Crippen molar-refractivity contribution < 1.29 is 22.9 Å². The largest absolute Gasteiger partial charge is 0.478 e. The molecule has 0 aromatic carbocycles. The number of rotatable bonds is 3. The molecule has 0 radical (unpaired) electrons. The topological polar surface area (TPSA) is 91.7 Å². The van der Waals surface area contributed by atoms with Crippen LogP contribution in [0.25, 0.3) is 0 Å². The maximum absolute atomic E-state index is 10.5. The Kier molecular flexibility index (Phi) is 3.41. The molecule has 12 heavy (non-hydrogen) atoms. The minimum atomic E-state index is -4.36. The van der Waals surface area contributed by atoms with Crippen LogP contribution in [0.2, 0.25) is 0 Å². The van der Waals surface area contributed by atoms with E-state index < -0.39 is 21.0 Å². The minimum Gasteiger partial charge on any atom is -0.478 e. The van der Waals surface area contributed by atoms with Crippen LogP contribution in [0.1, 0.15) is 20.3 Å². The van der Waals surface area contributed by atoms with Gasteiger partial charge in [0.1, 0.15) is 0 Å². The summed E-state index contributed by atoms with van der Waals surface area (Å²) in [5, 5.41) is 8.41. The van der Waals surface area contributed by atoms with Gasteiger partial charge in [0.15, 0.2) is 0 Å². The van der Waals surface area contributed by atoms with Crippen molar-refractivity contribution in [1.82, 2.24) is 0 Å². The van der Waals surface area contributed by atoms with E-state index in [1.165, 1.54) is 6.92 Å². The van der Waals surface area contributed by atoms with Gasteiger partial charge in [-0.1, -0.05) is 6.92 Å². The second-order valence-corrected chi connectivity index (χ2v) is 3.62. The fourth-order valence-electron chi connectivity index (χ4n) is 0.760. The molecule has 0 spiro atoms. The molecule has 0 aromatic rings. The quantitative estimate of drug-likeness (QED) is 0.508. The molecule has 0 fully saturated rings. The molecule has 0 atom stereocenters. The van der Waals surface area contributed by atoms with E-state index in [2.05, 4.69) is 0 Å². The van der Waals surface area contributed by atoms with Crippen LogP contribution < -0.4 is 0 Å². The molecule has 0 saturated carbocycles. The van der Waals surface area contributed by atoms with Crippen LogP contribution in [0.5, 0.6) is 0 Å². The lowest BCUT2D eigenvalue weighted by Crippen LogP contribution is -2.09. The molecule has 0 aliphatic carbocycles. The third kappa shape index (κ3) is 2.63. The minimum absolute atomic E-state index is 0.0308. The molecular weight excluding hydrogens is 184 g/mol. The number of hydrogen-bond acceptors (Lipinski definition) is 3. The van der Waals surface area contributed by atoms with Crippen molar-refractivity contribution in [3.05, 3.63) is 10.5 Å². The van der Waals surface area contributed by atoms with Crippen LogP contribution in [0.4, 0.5) is 0 Å². The summed E-state index contributed by atoms with van der Waals surface area (Å²) in [5.41, 5.74) is -0.347. The second kappa shape index (κ2) is 3.68. The Morgan fingerprint density at radius 2 is 1.83 bits per heavy atom. The van der Waals surface area contributed by atoms with Crippen LogP contribution in [-0.2, 0) is 14.9 Å². The molecule has 0 aliphatic rings. The van der Waals surface area contributed by atoms with E-state index in [-0.39, 0.29) is 12.0 Å². The third-order valence-corrected chi connectivity index (χ3v) is 2.59. The number of carbonyl (C=O) groups is 1. The maximum Gasteiger partial charge on any atom is 0.332 e. The summed E-state index contributed by atoms with van der Waals surface area (Å²) in [7, 11) is -4.36. The highest BCUT2D eigenvalue weighted by atomic mass is 32.2. The predicted molar refractivity (Wildman–Crippen MR) is 42.2 cm³/mol. The van der Waals surface area contributed by atoms with E-state index in [1.54, 1.807) is 0 Å². The van der Waals surface area contributed by atoms with Gasteiger partial charge in [0, 0.05) is 0 Å². The van der Waals surface area contributed by atoms with Gasteiger partial charge in [-0.05, 0) is 13.3 Å². The lowest BCUT2D eigenvalue weighted by atomic mass is 10.2. The number of allylic oxidation sites excluding steroid dienone is 1. The van der Waals surface area contributed by atoms with E-state index in [9.17, 15) is 13.2 Å². The van der Waals surface area contributed by atoms with E-state index in [0.717, 1.165) is 6.92 Å². The molecule has 70 valence electrons. The van der Waals surface area contributed by atoms with Crippen molar-refractivity contribution in [3.8, 4) is 0 Å². The SMILES string of the molecule is CCC(=C(C)C(=O)O)S(=O)(=O)O. The first-order chi connectivity index (χ1) is 5.30. The third-order valence-electron chi connectivity index (χ3n) is 1.37. The van der Waals surface area contributed by atoms with E-state index >= 15 is 0 Å². The number of carboxylic acids is 1. The van der Waals surface area contributed by atoms with Crippen molar-refractivity contribution >= 4 is 16.1 Å². The molecule has 0 unspecified atom stereocenters. The summed E-state index contributed by atoms with van der Waals surface area (Å²) >= 11 is 0. The van der Waals surface area contributed by atoms with Crippen LogP contribution in [0.3, 0.4) is 0 Å². The van der Waals surface area contributed by atoms with Crippen molar-refractivity contribution in [3.63, 3.8) is 0 Å². The standard InChI is InChI=1S/C6H10O5S/c1-3-5(12(9,10)11)4(2)6(7)8/h3H2,1-2H3,(H,7,8)(H,9,10,11). The van der Waals surface area contributed by atoms with Crippen molar-refractivity contribution in [2.24, 2.45) is 0 Å². The summed E-state index contributed by atoms with van der Waals surface area (Å²) in [6.45, 7) is 2.59. The predicted octanol–water partition coefficient (Wildman–Crippen LogP) is 0.643. The fraction of sp³-hybridized carbons (Fsp3) is 0.500. The molecule has 0 aromatic heterocycles. The number of hydrogen-bond donors (Lipinski definition) is 2. The molecule has 0 heterocycles. The zero-order chi connectivity index (χ0) is 9.94. The summed E-state index contributed by atoms with van der Waals surface area (Å²) in [5.74, 6) is -1.34. The number of aliphatic carboxylic acids is 1. The van der Waals surface area contributed by atoms with Crippen LogP contribution in [0.15, 0.2) is 10.5 Å². The maximum atomic E-state index is 10.5. The average Bonchev–Trinajstić information content (AvgIpc) is 1.85. The van der Waals surface area contributed by atoms with Crippen molar-refractivity contribution in [2.75, 3.05) is 0 Å². The van der Waals surface area contributed by atoms with Gasteiger partial charge in [-0.25, -0.2) is 4.79 Å². The van der Waals surface area contributed by atoms with Gasteiger partial charge in [0.05, 0.1) is 10.5 Å². The Labute approximate surface area is 70.5 Å². The molecule has 2 N–H and O–H groups in total. The molecule has 0 amide bonds. The fourth-order valence-corrected chi connectivity index (χ4v) is 1.60. The molecule has 6 heteroatoms. The van der Waals surface area contributed by atoms with E-state index in [4.69, 9.17) is 9.66 Å². The second-order valence-electron chi connectivity index (χ2n) is 2.18. The van der Waals surface area contributed by atoms with Crippen molar-refractivity contribution in [1.29, 1.82) is 0 Å². The Bertz CT molecular complexity index is 311. The van der Waals surface area contributed by atoms with Crippen LogP contribution in [0, 0.1) is 0 Å². The average molecular weight is 194 g/mol. The smallest absolute Gasteiger partial charge is 0.332 e. The summed E-state index contributed by atoms with van der Waals surface area (Å²) in [4.78, 5) is 9.86. The number of carboxylic acid groups (broad SMARTS) is 1. The van der Waals surface area contributed by atoms with Gasteiger partial charge in [-0.15, -0.1) is 0 Å². The lowest BCUT2D eigenvalue weighted by molar-refractivity contribution is -0.132. The van der Waals surface area contributed by atoms with Crippen LogP contribution in [-0.4, -0.2) is 24.0 Å². The Morgan fingerprint density at radius 1 is 1.42 bits per heavy atom. The molecule has 0 bridgehead atoms. The first-order valence-corrected chi connectivity index (χ1v) is 4.65. The van der Waals surface area contributed by atoms with Crippen LogP contribution >= 0.6 is 0 Å². The normalized spacial score (nSPS) is 13.9. The Hall–Kier alpha value is -0.880. The first kappa shape index (κ1) is 11.1. The van der Waals surface area contributed by atoms with Gasteiger partial charge in [-0.2, -0.15) is 8.42 Å². The highest BCUT2D eigenvalue weighted by Gasteiger charge is 2.18. The summed E-state index contributed by atoms with van der Waals surface area (Å²) in [6, 6.07) is 0. The lowest BCUT2D eigenvalue weighted by Gasteiger charge is -2.02. The van der Waals surface area contributed by atoms with Gasteiger partial charge in [0.2, 0.25) is 0 Å². The highest BCUT2D eigenvalue weighted by Crippen LogP contribution is 2.14. The zero-order valence-corrected chi connectivity index (χ0v) is 7.55.